The Kier molecular flexibility index (Phi) is 3.62. The molecule has 1 aromatic rings. The van der Waals surface area contributed by atoms with E-state index in [0.29, 0.717) is 6.42 Å². The molecule has 1 N–H and O–H groups in total. The van der Waals surface area contributed by atoms with Crippen molar-refractivity contribution in [2.75, 3.05) is 5.32 Å². The summed E-state index contributed by atoms with van der Waals surface area (Å²) in [6, 6.07) is 5.93. The number of hydrogen-bond acceptors (Lipinski definition) is 2. The van der Waals surface area contributed by atoms with Gasteiger partial charge >= 0.3 is 6.61 Å². The summed E-state index contributed by atoms with van der Waals surface area (Å²) in [7, 11) is 0. The molecule has 0 aliphatic heterocycles. The number of hydrogen-bond donors (Lipinski definition) is 1. The summed E-state index contributed by atoms with van der Waals surface area (Å²) in [5.74, 6) is -0.535. The molecule has 1 unspecified atom stereocenters. The average Bonchev–Trinajstić information content (AvgIpc) is 2.82. The predicted molar refractivity (Wildman–Crippen MR) is 68.9 cm³/mol. The summed E-state index contributed by atoms with van der Waals surface area (Å²) in [5, 5.41) is 2.51. The Hall–Kier alpha value is -1.07. The molecule has 3 nitrogen and oxygen atoms in total. The molecule has 1 fully saturated rings. The third kappa shape index (κ3) is 2.77. The summed E-state index contributed by atoms with van der Waals surface area (Å²) < 4.78 is 27.7. The highest BCUT2D eigenvalue weighted by Crippen LogP contribution is 2.64. The first-order chi connectivity index (χ1) is 8.76. The van der Waals surface area contributed by atoms with Crippen molar-refractivity contribution in [1.29, 1.82) is 0 Å². The Labute approximate surface area is 118 Å². The average molecular weight is 310 g/mol. The second-order valence-corrected chi connectivity index (χ2v) is 6.03. The van der Waals surface area contributed by atoms with Crippen LogP contribution in [0.2, 0.25) is 0 Å². The smallest absolute Gasteiger partial charge is 0.387 e. The first kappa shape index (κ1) is 14.3. The summed E-state index contributed by atoms with van der Waals surface area (Å²) in [6.45, 7) is -1.35. The molecule has 0 bridgehead atoms. The van der Waals surface area contributed by atoms with Crippen LogP contribution in [0, 0.1) is 5.41 Å². The van der Waals surface area contributed by atoms with Gasteiger partial charge in [-0.1, -0.05) is 12.1 Å². The maximum absolute atomic E-state index is 12.2. The SMILES string of the molecule is CC1(C(=O)Nc2ccccc2OC(F)F)CC1(Cl)Cl. The number of carbonyl (C=O) groups excluding carboxylic acids is 1. The number of amides is 1. The molecule has 0 aromatic heterocycles. The lowest BCUT2D eigenvalue weighted by molar-refractivity contribution is -0.120. The zero-order chi connectivity index (χ0) is 14.3. The van der Waals surface area contributed by atoms with Gasteiger partial charge in [-0.25, -0.2) is 0 Å². The number of para-hydroxylation sites is 2. The van der Waals surface area contributed by atoms with Gasteiger partial charge in [-0.05, 0) is 25.5 Å². The molecule has 0 saturated heterocycles. The lowest BCUT2D eigenvalue weighted by Crippen LogP contribution is -2.26. The minimum absolute atomic E-state index is 0.107. The first-order valence-electron chi connectivity index (χ1n) is 5.49. The Balaban J connectivity index is 2.14. The van der Waals surface area contributed by atoms with Gasteiger partial charge < -0.3 is 10.1 Å². The molecule has 0 heterocycles. The topological polar surface area (TPSA) is 38.3 Å². The van der Waals surface area contributed by atoms with Crippen molar-refractivity contribution < 1.29 is 18.3 Å². The molecule has 2 rings (SSSR count). The van der Waals surface area contributed by atoms with Crippen LogP contribution < -0.4 is 10.1 Å². The van der Waals surface area contributed by atoms with E-state index < -0.39 is 22.3 Å². The van der Waals surface area contributed by atoms with E-state index in [1.807, 2.05) is 0 Å². The normalized spacial score (nSPS) is 24.1. The van der Waals surface area contributed by atoms with Crippen LogP contribution in [0.15, 0.2) is 24.3 Å². The van der Waals surface area contributed by atoms with Gasteiger partial charge in [-0.3, -0.25) is 4.79 Å². The van der Waals surface area contributed by atoms with E-state index >= 15 is 0 Å². The van der Waals surface area contributed by atoms with E-state index in [1.165, 1.54) is 18.2 Å². The largest absolute Gasteiger partial charge is 0.433 e. The number of carbonyl (C=O) groups is 1. The van der Waals surface area contributed by atoms with Crippen LogP contribution >= 0.6 is 23.2 Å². The van der Waals surface area contributed by atoms with Crippen molar-refractivity contribution in [2.24, 2.45) is 5.41 Å². The second kappa shape index (κ2) is 4.80. The van der Waals surface area contributed by atoms with Crippen LogP contribution in [0.25, 0.3) is 0 Å². The molecule has 1 saturated carbocycles. The van der Waals surface area contributed by atoms with E-state index in [1.54, 1.807) is 13.0 Å². The van der Waals surface area contributed by atoms with Crippen molar-refractivity contribution in [1.82, 2.24) is 0 Å². The predicted octanol–water partition coefficient (Wildman–Crippen LogP) is 3.81. The fourth-order valence-corrected chi connectivity index (χ4v) is 2.38. The minimum Gasteiger partial charge on any atom is -0.433 e. The molecule has 0 radical (unpaired) electrons. The molecule has 1 aromatic carbocycles. The number of anilines is 1. The van der Waals surface area contributed by atoms with Crippen LogP contribution in [-0.2, 0) is 4.79 Å². The van der Waals surface area contributed by atoms with Gasteiger partial charge in [0.15, 0.2) is 0 Å². The molecule has 104 valence electrons. The van der Waals surface area contributed by atoms with E-state index in [0.717, 1.165) is 0 Å². The van der Waals surface area contributed by atoms with E-state index in [-0.39, 0.29) is 11.4 Å². The van der Waals surface area contributed by atoms with Gasteiger partial charge in [0.05, 0.1) is 11.1 Å². The zero-order valence-corrected chi connectivity index (χ0v) is 11.4. The third-order valence-corrected chi connectivity index (χ3v) is 4.21. The lowest BCUT2D eigenvalue weighted by atomic mass is 10.1. The van der Waals surface area contributed by atoms with Crippen molar-refractivity contribution in [3.63, 3.8) is 0 Å². The van der Waals surface area contributed by atoms with Gasteiger partial charge in [0.1, 0.15) is 10.1 Å². The van der Waals surface area contributed by atoms with E-state index in [4.69, 9.17) is 23.2 Å². The Morgan fingerprint density at radius 1 is 1.42 bits per heavy atom. The highest BCUT2D eigenvalue weighted by molar-refractivity contribution is 6.53. The first-order valence-corrected chi connectivity index (χ1v) is 6.25. The molecular weight excluding hydrogens is 299 g/mol. The molecule has 1 atom stereocenters. The number of halogens is 4. The maximum atomic E-state index is 12.2. The standard InChI is InChI=1S/C12H11Cl2F2NO2/c1-11(6-12(11,13)14)9(18)17-7-4-2-3-5-8(7)19-10(15)16/h2-5,10H,6H2,1H3,(H,17,18). The minimum atomic E-state index is -2.96. The highest BCUT2D eigenvalue weighted by Gasteiger charge is 2.67. The van der Waals surface area contributed by atoms with Crippen molar-refractivity contribution in [2.45, 2.75) is 24.3 Å². The molecular formula is C12H11Cl2F2NO2. The quantitative estimate of drug-likeness (QED) is 0.859. The Morgan fingerprint density at radius 2 is 2.00 bits per heavy atom. The zero-order valence-electron chi connectivity index (χ0n) is 9.92. The Morgan fingerprint density at radius 3 is 2.53 bits per heavy atom. The van der Waals surface area contributed by atoms with Crippen molar-refractivity contribution >= 4 is 34.8 Å². The van der Waals surface area contributed by atoms with Crippen LogP contribution in [0.3, 0.4) is 0 Å². The van der Waals surface area contributed by atoms with E-state index in [9.17, 15) is 13.6 Å². The lowest BCUT2D eigenvalue weighted by Gasteiger charge is -2.15. The summed E-state index contributed by atoms with van der Waals surface area (Å²) in [4.78, 5) is 12.0. The fourth-order valence-electron chi connectivity index (χ4n) is 1.68. The van der Waals surface area contributed by atoms with Crippen LogP contribution in [0.5, 0.6) is 5.75 Å². The van der Waals surface area contributed by atoms with Gasteiger partial charge in [-0.2, -0.15) is 8.78 Å². The summed E-state index contributed by atoms with van der Waals surface area (Å²) in [5.41, 5.74) is -0.765. The van der Waals surface area contributed by atoms with Crippen molar-refractivity contribution in [3.05, 3.63) is 24.3 Å². The third-order valence-electron chi connectivity index (χ3n) is 3.11. The number of nitrogens with one attached hydrogen (secondary N) is 1. The maximum Gasteiger partial charge on any atom is 0.387 e. The number of benzene rings is 1. The molecule has 0 spiro atoms. The van der Waals surface area contributed by atoms with E-state index in [2.05, 4.69) is 10.1 Å². The van der Waals surface area contributed by atoms with Crippen molar-refractivity contribution in [3.8, 4) is 5.75 Å². The molecule has 1 aliphatic rings. The molecule has 1 aliphatic carbocycles. The monoisotopic (exact) mass is 309 g/mol. The summed E-state index contributed by atoms with van der Waals surface area (Å²) in [6.07, 6.45) is 0.312. The van der Waals surface area contributed by atoms with Gasteiger partial charge in [0.25, 0.3) is 0 Å². The van der Waals surface area contributed by atoms with Crippen LogP contribution in [-0.4, -0.2) is 16.9 Å². The second-order valence-electron chi connectivity index (χ2n) is 4.54. The molecule has 19 heavy (non-hydrogen) atoms. The van der Waals surface area contributed by atoms with Gasteiger partial charge in [0.2, 0.25) is 5.91 Å². The van der Waals surface area contributed by atoms with Gasteiger partial charge in [-0.15, -0.1) is 23.2 Å². The number of alkyl halides is 4. The number of rotatable bonds is 4. The number of ether oxygens (including phenoxy) is 1. The highest BCUT2D eigenvalue weighted by atomic mass is 35.5. The fraction of sp³-hybridized carbons (Fsp3) is 0.417. The molecule has 7 heteroatoms. The molecule has 1 amide bonds. The van der Waals surface area contributed by atoms with Crippen LogP contribution in [0.1, 0.15) is 13.3 Å². The summed E-state index contributed by atoms with van der Waals surface area (Å²) >= 11 is 11.8. The Bertz CT molecular complexity index is 510. The van der Waals surface area contributed by atoms with Gasteiger partial charge in [0, 0.05) is 0 Å². The van der Waals surface area contributed by atoms with Crippen LogP contribution in [0.4, 0.5) is 14.5 Å².